The number of para-hydroxylation sites is 1. The molecule has 0 spiro atoms. The van der Waals surface area contributed by atoms with Gasteiger partial charge in [0.25, 0.3) is 5.91 Å². The second-order valence-corrected chi connectivity index (χ2v) is 7.98. The molecular formula is C23H22FNO5. The molecule has 3 aromatic rings. The van der Waals surface area contributed by atoms with Crippen molar-refractivity contribution in [3.63, 3.8) is 0 Å². The van der Waals surface area contributed by atoms with E-state index in [4.69, 9.17) is 13.9 Å². The maximum atomic E-state index is 13.8. The van der Waals surface area contributed by atoms with Gasteiger partial charge >= 0.3 is 5.63 Å². The van der Waals surface area contributed by atoms with Crippen LogP contribution in [0.15, 0.2) is 45.6 Å². The number of carbonyl (C=O) groups excluding carboxylic acids is 1. The summed E-state index contributed by atoms with van der Waals surface area (Å²) in [5.74, 6) is -0.107. The maximum Gasteiger partial charge on any atom is 0.336 e. The number of halogens is 1. The molecule has 0 saturated carbocycles. The minimum absolute atomic E-state index is 0.0775. The molecule has 0 atom stereocenters. The summed E-state index contributed by atoms with van der Waals surface area (Å²) in [5.41, 5.74) is 1.16. The molecule has 0 radical (unpaired) electrons. The molecule has 6 nitrogen and oxygen atoms in total. The Morgan fingerprint density at radius 3 is 2.80 bits per heavy atom. The van der Waals surface area contributed by atoms with E-state index in [1.165, 1.54) is 18.2 Å². The SMILES string of the molecule is Cc1cc(=O)oc2c3c(cc(OCC(=O)Nc4ccccc4F)c12)OC(C)(C)CC3. The van der Waals surface area contributed by atoms with Gasteiger partial charge in [-0.15, -0.1) is 0 Å². The molecule has 1 aliphatic heterocycles. The van der Waals surface area contributed by atoms with Crippen LogP contribution in [0.1, 0.15) is 31.4 Å². The van der Waals surface area contributed by atoms with E-state index in [0.29, 0.717) is 34.5 Å². The van der Waals surface area contributed by atoms with Crippen LogP contribution in [0.25, 0.3) is 11.0 Å². The fourth-order valence-corrected chi connectivity index (χ4v) is 3.63. The zero-order chi connectivity index (χ0) is 21.5. The zero-order valence-electron chi connectivity index (χ0n) is 17.0. The van der Waals surface area contributed by atoms with Crippen LogP contribution < -0.4 is 20.4 Å². The van der Waals surface area contributed by atoms with Gasteiger partial charge < -0.3 is 19.2 Å². The second kappa shape index (κ2) is 7.48. The summed E-state index contributed by atoms with van der Waals surface area (Å²) in [6, 6.07) is 9.00. The van der Waals surface area contributed by atoms with Crippen molar-refractivity contribution in [2.24, 2.45) is 0 Å². The normalized spacial score (nSPS) is 14.7. The van der Waals surface area contributed by atoms with Crippen LogP contribution >= 0.6 is 0 Å². The lowest BCUT2D eigenvalue weighted by Gasteiger charge is -2.33. The lowest BCUT2D eigenvalue weighted by Crippen LogP contribution is -2.32. The first-order valence-electron chi connectivity index (χ1n) is 9.70. The number of aryl methyl sites for hydroxylation is 2. The Labute approximate surface area is 172 Å². The van der Waals surface area contributed by atoms with E-state index in [0.717, 1.165) is 12.0 Å². The van der Waals surface area contributed by atoms with Crippen LogP contribution in [0.2, 0.25) is 0 Å². The Morgan fingerprint density at radius 1 is 1.27 bits per heavy atom. The summed E-state index contributed by atoms with van der Waals surface area (Å²) >= 11 is 0. The van der Waals surface area contributed by atoms with Crippen molar-refractivity contribution in [1.29, 1.82) is 0 Å². The first-order valence-corrected chi connectivity index (χ1v) is 9.70. The van der Waals surface area contributed by atoms with E-state index in [1.807, 2.05) is 13.8 Å². The Morgan fingerprint density at radius 2 is 2.03 bits per heavy atom. The molecule has 4 rings (SSSR count). The zero-order valence-corrected chi connectivity index (χ0v) is 17.0. The Kier molecular flexibility index (Phi) is 4.97. The quantitative estimate of drug-likeness (QED) is 0.646. The predicted octanol–water partition coefficient (Wildman–Crippen LogP) is 4.36. The van der Waals surface area contributed by atoms with Crippen molar-refractivity contribution >= 4 is 22.6 Å². The van der Waals surface area contributed by atoms with E-state index >= 15 is 0 Å². The predicted molar refractivity (Wildman–Crippen MR) is 111 cm³/mol. The maximum absolute atomic E-state index is 13.8. The fourth-order valence-electron chi connectivity index (χ4n) is 3.63. The van der Waals surface area contributed by atoms with Crippen molar-refractivity contribution < 1.29 is 23.1 Å². The van der Waals surface area contributed by atoms with Gasteiger partial charge in [0.15, 0.2) is 6.61 Å². The number of anilines is 1. The molecule has 2 aromatic carbocycles. The Bertz CT molecular complexity index is 1200. The number of hydrogen-bond donors (Lipinski definition) is 1. The van der Waals surface area contributed by atoms with Gasteiger partial charge in [0.05, 0.1) is 11.1 Å². The first-order chi connectivity index (χ1) is 14.2. The van der Waals surface area contributed by atoms with Gasteiger partial charge in [-0.3, -0.25) is 4.79 Å². The molecule has 1 amide bonds. The van der Waals surface area contributed by atoms with E-state index in [1.54, 1.807) is 25.1 Å². The molecule has 0 bridgehead atoms. The van der Waals surface area contributed by atoms with Gasteiger partial charge in [-0.25, -0.2) is 9.18 Å². The highest BCUT2D eigenvalue weighted by Crippen LogP contribution is 2.42. The number of hydrogen-bond acceptors (Lipinski definition) is 5. The minimum Gasteiger partial charge on any atom is -0.487 e. The Hall–Kier alpha value is -3.35. The Balaban J connectivity index is 1.67. The number of carbonyl (C=O) groups is 1. The molecule has 156 valence electrons. The molecule has 1 aliphatic rings. The number of ether oxygens (including phenoxy) is 2. The lowest BCUT2D eigenvalue weighted by molar-refractivity contribution is -0.118. The number of amides is 1. The van der Waals surface area contributed by atoms with Gasteiger partial charge in [-0.1, -0.05) is 12.1 Å². The molecular weight excluding hydrogens is 389 g/mol. The average molecular weight is 411 g/mol. The van der Waals surface area contributed by atoms with Gasteiger partial charge in [0.1, 0.15) is 28.5 Å². The van der Waals surface area contributed by atoms with Crippen LogP contribution in [0.5, 0.6) is 11.5 Å². The van der Waals surface area contributed by atoms with Gasteiger partial charge in [-0.05, 0) is 51.3 Å². The molecule has 0 saturated heterocycles. The standard InChI is InChI=1S/C23H22FNO5/c1-13-10-20(27)29-22-14-8-9-23(2,3)30-17(14)11-18(21(13)22)28-12-19(26)25-16-7-5-4-6-15(16)24/h4-7,10-11H,8-9,12H2,1-3H3,(H,25,26). The highest BCUT2D eigenvalue weighted by Gasteiger charge is 2.30. The molecule has 30 heavy (non-hydrogen) atoms. The summed E-state index contributed by atoms with van der Waals surface area (Å²) in [4.78, 5) is 24.3. The van der Waals surface area contributed by atoms with Crippen molar-refractivity contribution in [2.75, 3.05) is 11.9 Å². The average Bonchev–Trinajstić information content (AvgIpc) is 2.66. The molecule has 0 fully saturated rings. The third-order valence-electron chi connectivity index (χ3n) is 5.11. The summed E-state index contributed by atoms with van der Waals surface area (Å²) in [7, 11) is 0. The smallest absolute Gasteiger partial charge is 0.336 e. The van der Waals surface area contributed by atoms with Gasteiger partial charge in [0.2, 0.25) is 0 Å². The third kappa shape index (κ3) is 3.87. The van der Waals surface area contributed by atoms with Gasteiger partial charge in [0, 0.05) is 17.7 Å². The number of fused-ring (bicyclic) bond motifs is 3. The third-order valence-corrected chi connectivity index (χ3v) is 5.11. The van der Waals surface area contributed by atoms with E-state index in [9.17, 15) is 14.0 Å². The van der Waals surface area contributed by atoms with Crippen molar-refractivity contribution in [2.45, 2.75) is 39.2 Å². The number of nitrogens with one attached hydrogen (secondary N) is 1. The molecule has 0 aliphatic carbocycles. The van der Waals surface area contributed by atoms with Crippen LogP contribution in [-0.4, -0.2) is 18.1 Å². The number of benzene rings is 2. The largest absolute Gasteiger partial charge is 0.487 e. The highest BCUT2D eigenvalue weighted by molar-refractivity contribution is 5.94. The molecule has 1 N–H and O–H groups in total. The topological polar surface area (TPSA) is 77.8 Å². The molecule has 0 unspecified atom stereocenters. The van der Waals surface area contributed by atoms with Crippen molar-refractivity contribution in [3.05, 3.63) is 63.8 Å². The van der Waals surface area contributed by atoms with Crippen LogP contribution in [-0.2, 0) is 11.2 Å². The highest BCUT2D eigenvalue weighted by atomic mass is 19.1. The molecule has 1 aromatic heterocycles. The van der Waals surface area contributed by atoms with E-state index in [-0.39, 0.29) is 17.9 Å². The van der Waals surface area contributed by atoms with Gasteiger partial charge in [-0.2, -0.15) is 0 Å². The van der Waals surface area contributed by atoms with Crippen LogP contribution in [0.3, 0.4) is 0 Å². The van der Waals surface area contributed by atoms with Crippen LogP contribution in [0, 0.1) is 12.7 Å². The van der Waals surface area contributed by atoms with Crippen molar-refractivity contribution in [3.8, 4) is 11.5 Å². The van der Waals surface area contributed by atoms with E-state index < -0.39 is 17.3 Å². The molecule has 7 heteroatoms. The lowest BCUT2D eigenvalue weighted by atomic mass is 9.92. The summed E-state index contributed by atoms with van der Waals surface area (Å²) in [6.45, 7) is 5.40. The van der Waals surface area contributed by atoms with Crippen LogP contribution in [0.4, 0.5) is 10.1 Å². The minimum atomic E-state index is -0.529. The first kappa shape index (κ1) is 19.9. The summed E-state index contributed by atoms with van der Waals surface area (Å²) < 4.78 is 31.1. The summed E-state index contributed by atoms with van der Waals surface area (Å²) in [5, 5.41) is 3.10. The second-order valence-electron chi connectivity index (χ2n) is 7.98. The van der Waals surface area contributed by atoms with E-state index in [2.05, 4.69) is 5.32 Å². The number of rotatable bonds is 4. The monoisotopic (exact) mass is 411 g/mol. The fraction of sp³-hybridized carbons (Fsp3) is 0.304. The van der Waals surface area contributed by atoms with Crippen molar-refractivity contribution in [1.82, 2.24) is 0 Å². The summed E-state index contributed by atoms with van der Waals surface area (Å²) in [6.07, 6.45) is 1.47. The molecule has 2 heterocycles.